The van der Waals surface area contributed by atoms with E-state index in [0.717, 1.165) is 19.4 Å². The van der Waals surface area contributed by atoms with E-state index in [1.807, 2.05) is 13.1 Å². The van der Waals surface area contributed by atoms with Crippen LogP contribution in [0.2, 0.25) is 0 Å². The van der Waals surface area contributed by atoms with Crippen molar-refractivity contribution in [1.29, 1.82) is 0 Å². The molecule has 1 saturated heterocycles. The largest absolute Gasteiger partial charge is 0.504 e. The van der Waals surface area contributed by atoms with Gasteiger partial charge in [-0.15, -0.1) is 0 Å². The fraction of sp³-hybridized carbons (Fsp3) is 0.571. The van der Waals surface area contributed by atoms with Crippen molar-refractivity contribution in [2.24, 2.45) is 0 Å². The number of ether oxygens (including phenoxy) is 5. The minimum Gasteiger partial charge on any atom is -0.504 e. The summed E-state index contributed by atoms with van der Waals surface area (Å²) in [5.41, 5.74) is -0.698. The second kappa shape index (κ2) is 9.77. The highest BCUT2D eigenvalue weighted by molar-refractivity contribution is 5.89. The Balaban J connectivity index is 1.53. The number of aromatic hydroxyl groups is 1. The van der Waals surface area contributed by atoms with Crippen LogP contribution >= 0.6 is 0 Å². The van der Waals surface area contributed by atoms with E-state index in [2.05, 4.69) is 4.90 Å². The van der Waals surface area contributed by atoms with E-state index >= 15 is 0 Å². The summed E-state index contributed by atoms with van der Waals surface area (Å²) in [5.74, 6) is -3.97. The van der Waals surface area contributed by atoms with Crippen molar-refractivity contribution in [1.82, 2.24) is 4.90 Å². The molecular formula is C28H33NO11. The molecule has 5 rings (SSSR count). The van der Waals surface area contributed by atoms with Crippen LogP contribution in [-0.2, 0) is 50.0 Å². The zero-order valence-corrected chi connectivity index (χ0v) is 23.0. The van der Waals surface area contributed by atoms with E-state index in [1.54, 1.807) is 26.0 Å². The van der Waals surface area contributed by atoms with E-state index in [0.29, 0.717) is 24.9 Å². The van der Waals surface area contributed by atoms with E-state index < -0.39 is 59.3 Å². The van der Waals surface area contributed by atoms with Crippen LogP contribution in [-0.4, -0.2) is 88.6 Å². The van der Waals surface area contributed by atoms with Crippen molar-refractivity contribution in [3.63, 3.8) is 0 Å². The lowest BCUT2D eigenvalue weighted by atomic mass is 9.50. The number of benzene rings is 1. The topological polar surface area (TPSA) is 158 Å². The molecule has 1 aromatic carbocycles. The van der Waals surface area contributed by atoms with E-state index in [1.165, 1.54) is 0 Å². The summed E-state index contributed by atoms with van der Waals surface area (Å²) in [6, 6.07) is 3.10. The fourth-order valence-electron chi connectivity index (χ4n) is 6.74. The van der Waals surface area contributed by atoms with E-state index in [9.17, 15) is 29.4 Å². The summed E-state index contributed by atoms with van der Waals surface area (Å²) in [7, 11) is 1.95. The van der Waals surface area contributed by atoms with Crippen molar-refractivity contribution >= 4 is 23.9 Å². The van der Waals surface area contributed by atoms with Gasteiger partial charge in [0, 0.05) is 31.9 Å². The van der Waals surface area contributed by atoms with Crippen LogP contribution in [0, 0.1) is 0 Å². The Morgan fingerprint density at radius 1 is 1.05 bits per heavy atom. The number of hydrogen-bond acceptors (Lipinski definition) is 12. The van der Waals surface area contributed by atoms with Gasteiger partial charge < -0.3 is 38.8 Å². The first-order valence-electron chi connectivity index (χ1n) is 13.2. The maximum Gasteiger partial charge on any atom is 0.357 e. The predicted octanol–water partition coefficient (Wildman–Crippen LogP) is 1.03. The third-order valence-corrected chi connectivity index (χ3v) is 8.25. The molecular weight excluding hydrogens is 526 g/mol. The van der Waals surface area contributed by atoms with E-state index in [-0.39, 0.29) is 29.7 Å². The molecule has 0 amide bonds. The van der Waals surface area contributed by atoms with Crippen LogP contribution < -0.4 is 4.74 Å². The third-order valence-electron chi connectivity index (χ3n) is 8.25. The molecule has 2 bridgehead atoms. The molecule has 2 aliphatic heterocycles. The number of rotatable bonds is 7. The molecule has 1 aromatic rings. The highest BCUT2D eigenvalue weighted by atomic mass is 16.6. The number of phenolic OH excluding ortho intramolecular Hbond substituents is 1. The lowest BCUT2D eigenvalue weighted by Gasteiger charge is -2.61. The Morgan fingerprint density at radius 2 is 1.70 bits per heavy atom. The Morgan fingerprint density at radius 3 is 2.33 bits per heavy atom. The molecule has 6 atom stereocenters. The van der Waals surface area contributed by atoms with Crippen LogP contribution in [0.15, 0.2) is 24.0 Å². The Labute approximate surface area is 230 Å². The van der Waals surface area contributed by atoms with Crippen molar-refractivity contribution in [2.45, 2.75) is 88.4 Å². The molecule has 4 aliphatic rings. The van der Waals surface area contributed by atoms with E-state index in [4.69, 9.17) is 23.7 Å². The summed E-state index contributed by atoms with van der Waals surface area (Å²) in [6.45, 7) is 5.80. The van der Waals surface area contributed by atoms with Crippen LogP contribution in [0.5, 0.6) is 11.5 Å². The van der Waals surface area contributed by atoms with Crippen LogP contribution in [0.3, 0.4) is 0 Å². The molecule has 216 valence electrons. The molecule has 2 N–H and O–H groups in total. The Bertz CT molecular complexity index is 1310. The van der Waals surface area contributed by atoms with Gasteiger partial charge in [-0.3, -0.25) is 9.59 Å². The molecule has 1 fully saturated rings. The van der Waals surface area contributed by atoms with Gasteiger partial charge in [0.2, 0.25) is 12.2 Å². The zero-order chi connectivity index (χ0) is 29.1. The van der Waals surface area contributed by atoms with Gasteiger partial charge in [0.05, 0.1) is 17.1 Å². The number of esters is 4. The molecule has 2 heterocycles. The highest BCUT2D eigenvalue weighted by Gasteiger charge is 2.72. The standard InChI is InChI=1S/C28H33NO11/c1-13(2)36-25(33)22(37-14(3)30)23(38-15(4)31)26(34)39-18-8-9-28(35)19-12-16-6-7-17(32)21-20(16)27(28,24(18)40-21)10-11-29(19)5/h6-8,13,19,22-24,32,35H,9-12H2,1-5H3/t19-,22?,23+,24?,27?,28-/m1/s1. The first kappa shape index (κ1) is 27.9. The molecule has 2 aliphatic carbocycles. The summed E-state index contributed by atoms with van der Waals surface area (Å²) >= 11 is 0. The van der Waals surface area contributed by atoms with Gasteiger partial charge in [-0.25, -0.2) is 9.59 Å². The quantitative estimate of drug-likeness (QED) is 0.362. The monoisotopic (exact) mass is 559 g/mol. The number of hydrogen-bond donors (Lipinski definition) is 2. The van der Waals surface area contributed by atoms with Gasteiger partial charge in [-0.2, -0.15) is 0 Å². The maximum atomic E-state index is 13.5. The molecule has 1 spiro atoms. The first-order chi connectivity index (χ1) is 18.8. The second-order valence-electron chi connectivity index (χ2n) is 11.1. The SMILES string of the molecule is CC(=O)OC(C(=O)OC(C)C)[C@H](OC(C)=O)C(=O)OC1=CC[C@@]2(O)[C@H]3Cc4ccc(O)c5c4C2(CCN3C)C1O5. The number of nitrogens with zero attached hydrogens (tertiary/aromatic N) is 1. The number of phenols is 1. The Kier molecular flexibility index (Phi) is 6.82. The minimum absolute atomic E-state index is 0.0254. The summed E-state index contributed by atoms with van der Waals surface area (Å²) in [4.78, 5) is 52.1. The lowest BCUT2D eigenvalue weighted by molar-refractivity contribution is -0.193. The molecule has 0 saturated carbocycles. The van der Waals surface area contributed by atoms with Crippen LogP contribution in [0.25, 0.3) is 0 Å². The van der Waals surface area contributed by atoms with Crippen molar-refractivity contribution in [2.75, 3.05) is 13.6 Å². The highest BCUT2D eigenvalue weighted by Crippen LogP contribution is 2.65. The molecule has 40 heavy (non-hydrogen) atoms. The second-order valence-corrected chi connectivity index (χ2v) is 11.1. The Hall–Kier alpha value is -3.64. The zero-order valence-electron chi connectivity index (χ0n) is 23.0. The van der Waals surface area contributed by atoms with Gasteiger partial charge >= 0.3 is 23.9 Å². The normalized spacial score (nSPS) is 29.3. The molecule has 12 heteroatoms. The van der Waals surface area contributed by atoms with Gasteiger partial charge in [0.1, 0.15) is 5.76 Å². The van der Waals surface area contributed by atoms with Gasteiger partial charge in [0.25, 0.3) is 0 Å². The van der Waals surface area contributed by atoms with Crippen LogP contribution in [0.4, 0.5) is 0 Å². The summed E-state index contributed by atoms with van der Waals surface area (Å²) in [6.07, 6.45) is -2.86. The smallest absolute Gasteiger partial charge is 0.357 e. The molecule has 12 nitrogen and oxygen atoms in total. The molecule has 0 radical (unpaired) electrons. The number of aliphatic hydroxyl groups is 1. The number of piperidine rings is 1. The van der Waals surface area contributed by atoms with Gasteiger partial charge in [0.15, 0.2) is 17.6 Å². The third kappa shape index (κ3) is 4.12. The van der Waals surface area contributed by atoms with Crippen LogP contribution in [0.1, 0.15) is 51.7 Å². The summed E-state index contributed by atoms with van der Waals surface area (Å²) < 4.78 is 27.3. The number of carbonyl (C=O) groups excluding carboxylic acids is 4. The minimum atomic E-state index is -1.98. The lowest BCUT2D eigenvalue weighted by Crippen LogP contribution is -2.74. The van der Waals surface area contributed by atoms with Crippen molar-refractivity contribution in [3.8, 4) is 11.5 Å². The van der Waals surface area contributed by atoms with Gasteiger partial charge in [-0.05, 0) is 58.0 Å². The number of likely N-dealkylation sites (tertiary alicyclic amines) is 1. The van der Waals surface area contributed by atoms with Crippen molar-refractivity contribution < 1.29 is 53.1 Å². The fourth-order valence-corrected chi connectivity index (χ4v) is 6.74. The predicted molar refractivity (Wildman–Crippen MR) is 135 cm³/mol. The number of likely N-dealkylation sites (N-methyl/N-ethyl adjacent to an activating group) is 1. The first-order valence-corrected chi connectivity index (χ1v) is 13.2. The molecule has 3 unspecified atom stereocenters. The average molecular weight is 560 g/mol. The molecule has 0 aromatic heterocycles. The van der Waals surface area contributed by atoms with Gasteiger partial charge in [-0.1, -0.05) is 6.07 Å². The maximum absolute atomic E-state index is 13.5. The number of carbonyl (C=O) groups is 4. The average Bonchev–Trinajstić information content (AvgIpc) is 3.22. The summed E-state index contributed by atoms with van der Waals surface area (Å²) in [5, 5.41) is 22.9. The van der Waals surface area contributed by atoms with Crippen molar-refractivity contribution in [3.05, 3.63) is 35.1 Å².